The first kappa shape index (κ1) is 8.77. The van der Waals surface area contributed by atoms with Crippen LogP contribution in [-0.2, 0) is 4.74 Å². The molecular weight excluding hydrogens is 156 g/mol. The maximum Gasteiger partial charge on any atom is 0.190 e. The summed E-state index contributed by atoms with van der Waals surface area (Å²) in [7, 11) is 0. The Morgan fingerprint density at radius 3 is 2.42 bits per heavy atom. The molecule has 0 aromatic carbocycles. The highest BCUT2D eigenvalue weighted by Crippen LogP contribution is 1.89. The van der Waals surface area contributed by atoms with Crippen LogP contribution < -0.4 is 0 Å². The van der Waals surface area contributed by atoms with Crippen LogP contribution >= 0.6 is 0 Å². The topological polar surface area (TPSA) is 47.6 Å². The average Bonchev–Trinajstić information content (AvgIpc) is 2.63. The SMILES string of the molecule is CC1=NCCO1.Cc1ncco1. The second kappa shape index (κ2) is 4.54. The first-order chi connectivity index (χ1) is 5.79. The highest BCUT2D eigenvalue weighted by atomic mass is 16.5. The molecule has 66 valence electrons. The van der Waals surface area contributed by atoms with Gasteiger partial charge in [-0.05, 0) is 0 Å². The van der Waals surface area contributed by atoms with Crippen LogP contribution in [0.25, 0.3) is 0 Å². The molecular formula is C8H12N2O2. The standard InChI is InChI=1S/C4H7NO.C4H5NO/c2*1-4-5-2-3-6-4/h2-3H2,1H3;2-3H,1H3. The van der Waals surface area contributed by atoms with Crippen molar-refractivity contribution < 1.29 is 9.15 Å². The summed E-state index contributed by atoms with van der Waals surface area (Å²) in [5.41, 5.74) is 0. The van der Waals surface area contributed by atoms with Gasteiger partial charge in [-0.2, -0.15) is 0 Å². The number of aryl methyl sites for hydroxylation is 1. The summed E-state index contributed by atoms with van der Waals surface area (Å²) in [6.07, 6.45) is 3.17. The van der Waals surface area contributed by atoms with Gasteiger partial charge in [0, 0.05) is 13.8 Å². The molecule has 0 saturated carbocycles. The lowest BCUT2D eigenvalue weighted by molar-refractivity contribution is 0.345. The van der Waals surface area contributed by atoms with Gasteiger partial charge >= 0.3 is 0 Å². The van der Waals surface area contributed by atoms with E-state index in [2.05, 4.69) is 9.98 Å². The van der Waals surface area contributed by atoms with Crippen LogP contribution in [-0.4, -0.2) is 24.0 Å². The van der Waals surface area contributed by atoms with Crippen molar-refractivity contribution >= 4 is 5.90 Å². The van der Waals surface area contributed by atoms with Crippen molar-refractivity contribution in [3.63, 3.8) is 0 Å². The number of ether oxygens (including phenoxy) is 1. The largest absolute Gasteiger partial charge is 0.479 e. The molecule has 0 bridgehead atoms. The number of aliphatic imine (C=N–C) groups is 1. The van der Waals surface area contributed by atoms with Crippen molar-refractivity contribution in [1.29, 1.82) is 0 Å². The zero-order valence-electron chi connectivity index (χ0n) is 7.28. The molecule has 2 rings (SSSR count). The monoisotopic (exact) mass is 168 g/mol. The van der Waals surface area contributed by atoms with E-state index in [1.165, 1.54) is 0 Å². The number of nitrogens with zero attached hydrogens (tertiary/aromatic N) is 2. The summed E-state index contributed by atoms with van der Waals surface area (Å²) in [5, 5.41) is 0. The van der Waals surface area contributed by atoms with Gasteiger partial charge in [0.05, 0.1) is 12.7 Å². The van der Waals surface area contributed by atoms with E-state index in [0.29, 0.717) is 0 Å². The van der Waals surface area contributed by atoms with E-state index in [-0.39, 0.29) is 0 Å². The first-order valence-corrected chi connectivity index (χ1v) is 3.79. The van der Waals surface area contributed by atoms with E-state index in [1.54, 1.807) is 19.4 Å². The van der Waals surface area contributed by atoms with Gasteiger partial charge in [-0.25, -0.2) is 4.98 Å². The molecule has 0 fully saturated rings. The van der Waals surface area contributed by atoms with Crippen molar-refractivity contribution in [2.24, 2.45) is 4.99 Å². The van der Waals surface area contributed by atoms with E-state index in [0.717, 1.165) is 24.9 Å². The summed E-state index contributed by atoms with van der Waals surface area (Å²) in [4.78, 5) is 7.68. The molecule has 12 heavy (non-hydrogen) atoms. The highest BCUT2D eigenvalue weighted by Gasteiger charge is 1.96. The van der Waals surface area contributed by atoms with Crippen LogP contribution in [0.15, 0.2) is 21.9 Å². The van der Waals surface area contributed by atoms with Gasteiger partial charge in [-0.3, -0.25) is 4.99 Å². The Kier molecular flexibility index (Phi) is 3.32. The van der Waals surface area contributed by atoms with Crippen LogP contribution in [0.1, 0.15) is 12.8 Å². The number of hydrogen-bond donors (Lipinski definition) is 0. The maximum atomic E-state index is 4.90. The predicted octanol–water partition coefficient (Wildman–Crippen LogP) is 1.42. The summed E-state index contributed by atoms with van der Waals surface area (Å²) in [5.74, 6) is 1.55. The van der Waals surface area contributed by atoms with Crippen LogP contribution in [0.4, 0.5) is 0 Å². The molecule has 4 heteroatoms. The lowest BCUT2D eigenvalue weighted by Gasteiger charge is -1.86. The summed E-state index contributed by atoms with van der Waals surface area (Å²) in [6.45, 7) is 5.31. The molecule has 0 aliphatic carbocycles. The minimum Gasteiger partial charge on any atom is -0.479 e. The zero-order valence-corrected chi connectivity index (χ0v) is 7.28. The number of rotatable bonds is 0. The Morgan fingerprint density at radius 2 is 2.25 bits per heavy atom. The second-order valence-electron chi connectivity index (χ2n) is 2.30. The molecule has 1 aromatic heterocycles. The molecule has 0 N–H and O–H groups in total. The molecule has 4 nitrogen and oxygen atoms in total. The van der Waals surface area contributed by atoms with E-state index < -0.39 is 0 Å². The van der Waals surface area contributed by atoms with Crippen LogP contribution in [0.3, 0.4) is 0 Å². The first-order valence-electron chi connectivity index (χ1n) is 3.79. The predicted molar refractivity (Wildman–Crippen MR) is 45.2 cm³/mol. The summed E-state index contributed by atoms with van der Waals surface area (Å²) >= 11 is 0. The van der Waals surface area contributed by atoms with Gasteiger partial charge in [0.25, 0.3) is 0 Å². The third kappa shape index (κ3) is 3.18. The van der Waals surface area contributed by atoms with E-state index in [9.17, 15) is 0 Å². The zero-order chi connectivity index (χ0) is 8.81. The van der Waals surface area contributed by atoms with Gasteiger partial charge in [-0.1, -0.05) is 0 Å². The van der Waals surface area contributed by atoms with Crippen LogP contribution in [0.5, 0.6) is 0 Å². The van der Waals surface area contributed by atoms with E-state index >= 15 is 0 Å². The molecule has 0 saturated heterocycles. The minimum absolute atomic E-state index is 0.718. The average molecular weight is 168 g/mol. The van der Waals surface area contributed by atoms with Gasteiger partial charge in [0.15, 0.2) is 11.8 Å². The highest BCUT2D eigenvalue weighted by molar-refractivity contribution is 5.74. The molecule has 0 spiro atoms. The van der Waals surface area contributed by atoms with Crippen molar-refractivity contribution in [2.75, 3.05) is 13.2 Å². The minimum atomic E-state index is 0.718. The van der Waals surface area contributed by atoms with Crippen molar-refractivity contribution in [1.82, 2.24) is 4.98 Å². The lowest BCUT2D eigenvalue weighted by atomic mass is 10.8. The maximum absolute atomic E-state index is 4.90. The number of oxazole rings is 1. The van der Waals surface area contributed by atoms with Gasteiger partial charge in [0.1, 0.15) is 12.9 Å². The van der Waals surface area contributed by atoms with Crippen molar-refractivity contribution in [2.45, 2.75) is 13.8 Å². The fourth-order valence-electron chi connectivity index (χ4n) is 0.737. The summed E-state index contributed by atoms with van der Waals surface area (Å²) < 4.78 is 9.62. The van der Waals surface area contributed by atoms with Crippen molar-refractivity contribution in [3.8, 4) is 0 Å². The van der Waals surface area contributed by atoms with E-state index in [1.807, 2.05) is 6.92 Å². The Bertz CT molecular complexity index is 242. The fourth-order valence-corrected chi connectivity index (χ4v) is 0.737. The van der Waals surface area contributed by atoms with E-state index in [4.69, 9.17) is 9.15 Å². The quantitative estimate of drug-likeness (QED) is 0.588. The van der Waals surface area contributed by atoms with Crippen molar-refractivity contribution in [3.05, 3.63) is 18.4 Å². The lowest BCUT2D eigenvalue weighted by Crippen LogP contribution is -1.89. The third-order valence-electron chi connectivity index (χ3n) is 1.29. The Labute approximate surface area is 71.3 Å². The molecule has 0 atom stereocenters. The molecule has 1 aromatic rings. The van der Waals surface area contributed by atoms with Gasteiger partial charge < -0.3 is 9.15 Å². The number of aromatic nitrogens is 1. The molecule has 0 unspecified atom stereocenters. The van der Waals surface area contributed by atoms with Crippen LogP contribution in [0.2, 0.25) is 0 Å². The Hall–Kier alpha value is -1.32. The van der Waals surface area contributed by atoms with Crippen LogP contribution in [0, 0.1) is 6.92 Å². The summed E-state index contributed by atoms with van der Waals surface area (Å²) in [6, 6.07) is 0. The molecule has 1 aliphatic rings. The smallest absolute Gasteiger partial charge is 0.190 e. The molecule has 2 heterocycles. The van der Waals surface area contributed by atoms with Gasteiger partial charge in [-0.15, -0.1) is 0 Å². The fraction of sp³-hybridized carbons (Fsp3) is 0.500. The number of hydrogen-bond acceptors (Lipinski definition) is 4. The molecule has 1 aliphatic heterocycles. The normalized spacial score (nSPS) is 14.3. The third-order valence-corrected chi connectivity index (χ3v) is 1.29. The second-order valence-corrected chi connectivity index (χ2v) is 2.30. The molecule has 0 amide bonds. The Morgan fingerprint density at radius 1 is 1.42 bits per heavy atom. The molecule has 0 radical (unpaired) electrons. The van der Waals surface area contributed by atoms with Gasteiger partial charge in [0.2, 0.25) is 0 Å². The Balaban J connectivity index is 0.000000120.